The summed E-state index contributed by atoms with van der Waals surface area (Å²) in [6.07, 6.45) is 4.89. The normalized spacial score (nSPS) is 11.3. The van der Waals surface area contributed by atoms with Crippen LogP contribution in [-0.4, -0.2) is 26.3 Å². The Labute approximate surface area is 179 Å². The summed E-state index contributed by atoms with van der Waals surface area (Å²) in [4.78, 5) is 25.2. The van der Waals surface area contributed by atoms with Gasteiger partial charge in [-0.25, -0.2) is 0 Å². The van der Waals surface area contributed by atoms with Crippen molar-refractivity contribution in [3.8, 4) is 11.5 Å². The van der Waals surface area contributed by atoms with Crippen LogP contribution in [0.15, 0.2) is 79.0 Å². The number of fused-ring (bicyclic) bond motifs is 1. The molecule has 154 valence electrons. The van der Waals surface area contributed by atoms with Crippen LogP contribution < -0.4 is 0 Å². The number of allylic oxidation sites excluding steroid dienone is 1. The van der Waals surface area contributed by atoms with Gasteiger partial charge in [0.2, 0.25) is 0 Å². The monoisotopic (exact) mass is 411 g/mol. The van der Waals surface area contributed by atoms with Crippen molar-refractivity contribution < 1.29 is 19.8 Å². The molecule has 1 aromatic heterocycles. The number of hydrogen-bond donors (Lipinski definition) is 2. The lowest BCUT2D eigenvalue weighted by Crippen LogP contribution is -2.09. The van der Waals surface area contributed by atoms with E-state index in [0.717, 1.165) is 28.1 Å². The molecule has 31 heavy (non-hydrogen) atoms. The molecule has 5 nitrogen and oxygen atoms in total. The minimum atomic E-state index is -0.384. The molecule has 0 radical (unpaired) electrons. The number of aromatic nitrogens is 1. The van der Waals surface area contributed by atoms with Gasteiger partial charge in [0.05, 0.1) is 12.1 Å². The predicted molar refractivity (Wildman–Crippen MR) is 121 cm³/mol. The third-order valence-electron chi connectivity index (χ3n) is 5.17. The molecule has 1 heterocycles. The van der Waals surface area contributed by atoms with E-state index in [4.69, 9.17) is 0 Å². The van der Waals surface area contributed by atoms with E-state index in [0.29, 0.717) is 5.56 Å². The van der Waals surface area contributed by atoms with Crippen LogP contribution in [0.3, 0.4) is 0 Å². The maximum absolute atomic E-state index is 12.8. The summed E-state index contributed by atoms with van der Waals surface area (Å²) < 4.78 is 1.87. The highest BCUT2D eigenvalue weighted by atomic mass is 16.3. The van der Waals surface area contributed by atoms with Gasteiger partial charge < -0.3 is 14.8 Å². The molecule has 0 saturated carbocycles. The minimum absolute atomic E-state index is 0.00127. The molecule has 0 spiro atoms. The summed E-state index contributed by atoms with van der Waals surface area (Å²) in [5.41, 5.74) is 3.53. The number of para-hydroxylation sites is 1. The molecule has 3 aromatic carbocycles. The smallest absolute Gasteiger partial charge is 0.189 e. The zero-order chi connectivity index (χ0) is 22.0. The van der Waals surface area contributed by atoms with Crippen LogP contribution in [0, 0.1) is 6.92 Å². The highest BCUT2D eigenvalue weighted by Gasteiger charge is 2.13. The standard InChI is InChI=1S/C26H21NO4/c1-17-6-8-18(9-7-17)26(31)16-27-15-19(21-4-2-3-5-23(21)27)10-13-24(29)22-12-11-20(28)14-25(22)30/h2-15,28,30H,16H2,1H3/b13-10+. The molecule has 0 unspecified atom stereocenters. The van der Waals surface area contributed by atoms with Crippen molar-refractivity contribution in [1.29, 1.82) is 0 Å². The lowest BCUT2D eigenvalue weighted by atomic mass is 10.1. The van der Waals surface area contributed by atoms with Crippen LogP contribution in [0.2, 0.25) is 0 Å². The number of Topliss-reactive ketones (excluding diaryl/α,β-unsaturated/α-hetero) is 1. The highest BCUT2D eigenvalue weighted by Crippen LogP contribution is 2.26. The minimum Gasteiger partial charge on any atom is -0.508 e. The van der Waals surface area contributed by atoms with E-state index in [9.17, 15) is 19.8 Å². The van der Waals surface area contributed by atoms with Gasteiger partial charge in [0.25, 0.3) is 0 Å². The van der Waals surface area contributed by atoms with Gasteiger partial charge in [-0.3, -0.25) is 9.59 Å². The number of aromatic hydroxyl groups is 2. The summed E-state index contributed by atoms with van der Waals surface area (Å²) >= 11 is 0. The highest BCUT2D eigenvalue weighted by molar-refractivity contribution is 6.09. The fourth-order valence-electron chi connectivity index (χ4n) is 3.51. The fourth-order valence-corrected chi connectivity index (χ4v) is 3.51. The van der Waals surface area contributed by atoms with Gasteiger partial charge in [-0.2, -0.15) is 0 Å². The van der Waals surface area contributed by atoms with E-state index >= 15 is 0 Å². The summed E-state index contributed by atoms with van der Waals surface area (Å²) in [5, 5.41) is 20.2. The predicted octanol–water partition coefficient (Wildman–Crippen LogP) is 5.14. The number of benzene rings is 3. The van der Waals surface area contributed by atoms with Gasteiger partial charge in [-0.05, 0) is 37.3 Å². The van der Waals surface area contributed by atoms with Crippen molar-refractivity contribution in [2.45, 2.75) is 13.5 Å². The molecular formula is C26H21NO4. The van der Waals surface area contributed by atoms with Crippen molar-refractivity contribution in [2.75, 3.05) is 0 Å². The quantitative estimate of drug-likeness (QED) is 0.340. The number of phenols is 2. The van der Waals surface area contributed by atoms with Crippen LogP contribution in [0.25, 0.3) is 17.0 Å². The van der Waals surface area contributed by atoms with Crippen LogP contribution in [0.5, 0.6) is 11.5 Å². The Kier molecular flexibility index (Phi) is 5.41. The number of carbonyl (C=O) groups excluding carboxylic acids is 2. The first kappa shape index (κ1) is 20.2. The summed E-state index contributed by atoms with van der Waals surface area (Å²) in [6.45, 7) is 2.16. The molecule has 0 saturated heterocycles. The molecule has 2 N–H and O–H groups in total. The third-order valence-corrected chi connectivity index (χ3v) is 5.17. The molecule has 4 aromatic rings. The fraction of sp³-hybridized carbons (Fsp3) is 0.0769. The lowest BCUT2D eigenvalue weighted by Gasteiger charge is -2.05. The second kappa shape index (κ2) is 8.32. The molecule has 0 aliphatic heterocycles. The summed E-state index contributed by atoms with van der Waals surface area (Å²) in [6, 6.07) is 19.0. The van der Waals surface area contributed by atoms with Gasteiger partial charge in [0, 0.05) is 34.3 Å². The topological polar surface area (TPSA) is 79.5 Å². The average Bonchev–Trinajstić information content (AvgIpc) is 3.10. The molecule has 0 aliphatic rings. The van der Waals surface area contributed by atoms with Crippen molar-refractivity contribution in [2.24, 2.45) is 0 Å². The van der Waals surface area contributed by atoms with Crippen molar-refractivity contribution in [1.82, 2.24) is 4.57 Å². The van der Waals surface area contributed by atoms with E-state index in [-0.39, 0.29) is 35.2 Å². The molecule has 0 bridgehead atoms. The zero-order valence-corrected chi connectivity index (χ0v) is 16.9. The van der Waals surface area contributed by atoms with E-state index in [1.54, 1.807) is 6.08 Å². The van der Waals surface area contributed by atoms with Crippen LogP contribution >= 0.6 is 0 Å². The van der Waals surface area contributed by atoms with Crippen molar-refractivity contribution in [3.05, 3.63) is 101 Å². The van der Waals surface area contributed by atoms with E-state index in [2.05, 4.69) is 0 Å². The first-order valence-corrected chi connectivity index (χ1v) is 9.84. The second-order valence-electron chi connectivity index (χ2n) is 7.42. The van der Waals surface area contributed by atoms with Crippen molar-refractivity contribution >= 4 is 28.5 Å². The SMILES string of the molecule is Cc1ccc(C(=O)Cn2cc(/C=C/C(=O)c3ccc(O)cc3O)c3ccccc32)cc1. The zero-order valence-electron chi connectivity index (χ0n) is 16.9. The number of phenolic OH excluding ortho intramolecular Hbond substituents is 2. The van der Waals surface area contributed by atoms with Crippen LogP contribution in [0.1, 0.15) is 31.8 Å². The second-order valence-corrected chi connectivity index (χ2v) is 7.42. The van der Waals surface area contributed by atoms with Crippen LogP contribution in [0.4, 0.5) is 0 Å². The molecule has 4 rings (SSSR count). The molecule has 0 atom stereocenters. The number of aryl methyl sites for hydroxylation is 1. The Morgan fingerprint density at radius 1 is 0.968 bits per heavy atom. The molecular weight excluding hydrogens is 390 g/mol. The molecule has 5 heteroatoms. The lowest BCUT2D eigenvalue weighted by molar-refractivity contribution is 0.0972. The first-order chi connectivity index (χ1) is 14.9. The Morgan fingerprint density at radius 3 is 2.45 bits per heavy atom. The van der Waals surface area contributed by atoms with Gasteiger partial charge in [-0.15, -0.1) is 0 Å². The van der Waals surface area contributed by atoms with E-state index in [1.165, 1.54) is 18.2 Å². The Morgan fingerprint density at radius 2 is 1.71 bits per heavy atom. The third kappa shape index (κ3) is 4.26. The van der Waals surface area contributed by atoms with E-state index < -0.39 is 0 Å². The Bertz CT molecular complexity index is 1310. The van der Waals surface area contributed by atoms with E-state index in [1.807, 2.05) is 66.2 Å². The summed E-state index contributed by atoms with van der Waals surface area (Å²) in [7, 11) is 0. The number of carbonyl (C=O) groups is 2. The maximum atomic E-state index is 12.8. The van der Waals surface area contributed by atoms with Crippen LogP contribution in [-0.2, 0) is 6.54 Å². The largest absolute Gasteiger partial charge is 0.508 e. The first-order valence-electron chi connectivity index (χ1n) is 9.84. The van der Waals surface area contributed by atoms with Gasteiger partial charge in [0.1, 0.15) is 11.5 Å². The number of nitrogens with zero attached hydrogens (tertiary/aromatic N) is 1. The summed E-state index contributed by atoms with van der Waals surface area (Å²) in [5.74, 6) is -0.772. The van der Waals surface area contributed by atoms with Gasteiger partial charge in [0.15, 0.2) is 11.6 Å². The van der Waals surface area contributed by atoms with Gasteiger partial charge in [-0.1, -0.05) is 48.0 Å². The number of hydrogen-bond acceptors (Lipinski definition) is 4. The number of ketones is 2. The average molecular weight is 411 g/mol. The molecule has 0 aliphatic carbocycles. The molecule has 0 amide bonds. The Balaban J connectivity index is 1.63. The van der Waals surface area contributed by atoms with Crippen molar-refractivity contribution in [3.63, 3.8) is 0 Å². The maximum Gasteiger partial charge on any atom is 0.189 e. The number of rotatable bonds is 6. The molecule has 0 fully saturated rings. The Hall–Kier alpha value is -4.12. The van der Waals surface area contributed by atoms with Gasteiger partial charge >= 0.3 is 0 Å².